The molecule has 1 saturated carbocycles. The van der Waals surface area contributed by atoms with Gasteiger partial charge >= 0.3 is 0 Å². The van der Waals surface area contributed by atoms with E-state index in [1.165, 1.54) is 0 Å². The molecular formula is C37H51N3O6. The Morgan fingerprint density at radius 3 is 2.57 bits per heavy atom. The largest absolute Gasteiger partial charge is 0.504 e. The third-order valence-electron chi connectivity index (χ3n) is 9.58. The summed E-state index contributed by atoms with van der Waals surface area (Å²) in [5, 5.41) is 21.8. The van der Waals surface area contributed by atoms with Gasteiger partial charge in [0, 0.05) is 43.4 Å². The van der Waals surface area contributed by atoms with Crippen molar-refractivity contribution in [3.05, 3.63) is 46.6 Å². The molecular weight excluding hydrogens is 582 g/mol. The maximum absolute atomic E-state index is 13.1. The van der Waals surface area contributed by atoms with Crippen molar-refractivity contribution in [2.45, 2.75) is 115 Å². The Bertz CT molecular complexity index is 1390. The van der Waals surface area contributed by atoms with Gasteiger partial charge in [-0.05, 0) is 93.4 Å². The second-order valence-corrected chi connectivity index (χ2v) is 13.0. The summed E-state index contributed by atoms with van der Waals surface area (Å²) in [6, 6.07) is 1.57. The standard InChI is InChI=1S/C37H51N3O6/c1-4-8-24(22-41)19-27(43)16-14-25-21-34(46-28-9-5-6-10-28)36(44)35-29(25)11-7-12-32(40-37(38)39)26-15-18-33(45-3)31(20-26)30(35)17-13-23(2)42/h15,18-19,21,26,28,30-33,41,44H,4-6,8-10,12-14,16-17,20,22H2,1-3H3,(H4,38,39,40)/b24-19-/t26-,30-,31+,32+,33-/m0/s1. The van der Waals surface area contributed by atoms with Crippen molar-refractivity contribution >= 4 is 17.5 Å². The van der Waals surface area contributed by atoms with Crippen LogP contribution in [0.25, 0.3) is 0 Å². The molecule has 2 bridgehead atoms. The molecule has 250 valence electrons. The number of aliphatic hydroxyl groups is 1. The number of phenolic OH excluding ortho intramolecular Hbond substituents is 1. The molecule has 0 radical (unpaired) electrons. The number of phenols is 1. The number of nitrogens with zero attached hydrogens (tertiary/aromatic N) is 1. The first kappa shape index (κ1) is 35.2. The van der Waals surface area contributed by atoms with Gasteiger partial charge in [0.25, 0.3) is 0 Å². The molecule has 0 spiro atoms. The van der Waals surface area contributed by atoms with Crippen LogP contribution in [0.2, 0.25) is 0 Å². The summed E-state index contributed by atoms with van der Waals surface area (Å²) in [7, 11) is 1.67. The van der Waals surface area contributed by atoms with Gasteiger partial charge in [0.15, 0.2) is 23.2 Å². The Hall–Kier alpha value is -3.61. The van der Waals surface area contributed by atoms with E-state index < -0.39 is 0 Å². The molecule has 0 aromatic heterocycles. The number of guanidine groups is 1. The van der Waals surface area contributed by atoms with Crippen LogP contribution in [0.3, 0.4) is 0 Å². The number of ketones is 2. The van der Waals surface area contributed by atoms with Crippen LogP contribution in [0, 0.1) is 23.7 Å². The number of nitrogens with two attached hydrogens (primary N) is 2. The van der Waals surface area contributed by atoms with Crippen LogP contribution >= 0.6 is 0 Å². The van der Waals surface area contributed by atoms with Crippen molar-refractivity contribution in [1.29, 1.82) is 0 Å². The number of Topliss-reactive ketones (excluding diaryl/α,β-unsaturated/α-hetero) is 1. The number of methoxy groups -OCH3 is 1. The molecule has 0 aliphatic heterocycles. The fourth-order valence-corrected chi connectivity index (χ4v) is 7.29. The average molecular weight is 634 g/mol. The fraction of sp³-hybridized carbons (Fsp3) is 0.595. The highest BCUT2D eigenvalue weighted by molar-refractivity contribution is 5.90. The lowest BCUT2D eigenvalue weighted by Crippen LogP contribution is -2.37. The zero-order chi connectivity index (χ0) is 33.2. The molecule has 4 rings (SSSR count). The molecule has 0 amide bonds. The van der Waals surface area contributed by atoms with Crippen molar-refractivity contribution in [2.24, 2.45) is 28.3 Å². The van der Waals surface area contributed by atoms with E-state index in [1.807, 2.05) is 19.1 Å². The Balaban J connectivity index is 1.90. The monoisotopic (exact) mass is 633 g/mol. The number of aliphatic hydroxyl groups excluding tert-OH is 1. The first-order valence-electron chi connectivity index (χ1n) is 16.8. The van der Waals surface area contributed by atoms with Crippen LogP contribution in [0.1, 0.15) is 107 Å². The number of ether oxygens (including phenoxy) is 2. The first-order valence-corrected chi connectivity index (χ1v) is 16.8. The number of aliphatic imine (C=N–C) groups is 1. The van der Waals surface area contributed by atoms with Gasteiger partial charge in [-0.1, -0.05) is 37.3 Å². The second kappa shape index (κ2) is 16.8. The van der Waals surface area contributed by atoms with Gasteiger partial charge in [0.1, 0.15) is 5.78 Å². The minimum atomic E-state index is -0.296. The number of rotatable bonds is 14. The lowest BCUT2D eigenvalue weighted by atomic mass is 9.68. The Morgan fingerprint density at radius 2 is 1.91 bits per heavy atom. The molecule has 0 saturated heterocycles. The Labute approximate surface area is 273 Å². The van der Waals surface area contributed by atoms with E-state index in [0.29, 0.717) is 61.0 Å². The highest BCUT2D eigenvalue weighted by Gasteiger charge is 2.40. The van der Waals surface area contributed by atoms with Gasteiger partial charge in [-0.2, -0.15) is 0 Å². The van der Waals surface area contributed by atoms with E-state index >= 15 is 0 Å². The van der Waals surface area contributed by atoms with Crippen molar-refractivity contribution < 1.29 is 29.3 Å². The maximum Gasteiger partial charge on any atom is 0.186 e. The van der Waals surface area contributed by atoms with Gasteiger partial charge < -0.3 is 35.9 Å². The van der Waals surface area contributed by atoms with E-state index in [-0.39, 0.29) is 72.3 Å². The zero-order valence-electron chi connectivity index (χ0n) is 27.6. The molecule has 3 aliphatic carbocycles. The third kappa shape index (κ3) is 9.01. The smallest absolute Gasteiger partial charge is 0.186 e. The molecule has 0 unspecified atom stereocenters. The summed E-state index contributed by atoms with van der Waals surface area (Å²) in [5.74, 6) is 6.68. The maximum atomic E-state index is 13.1. The van der Waals surface area contributed by atoms with Crippen molar-refractivity contribution in [1.82, 2.24) is 0 Å². The fourth-order valence-electron chi connectivity index (χ4n) is 7.29. The SMILES string of the molecule is CCC/C(=C/C(=O)CCc1cc(OC2CCCC2)c(O)c2c1C#CC[C@@H](N=C(N)N)[C@H]1C=C[C@H](OC)[C@H](C1)[C@@H]2CCC(C)=O)CO. The van der Waals surface area contributed by atoms with Gasteiger partial charge in [-0.3, -0.25) is 4.79 Å². The summed E-state index contributed by atoms with van der Waals surface area (Å²) in [5.41, 5.74) is 14.5. The molecule has 6 N–H and O–H groups in total. The molecule has 46 heavy (non-hydrogen) atoms. The molecule has 9 heteroatoms. The van der Waals surface area contributed by atoms with Crippen molar-refractivity contribution in [3.63, 3.8) is 0 Å². The molecule has 1 aromatic carbocycles. The van der Waals surface area contributed by atoms with Crippen molar-refractivity contribution in [3.8, 4) is 23.3 Å². The van der Waals surface area contributed by atoms with Gasteiger partial charge in [0.05, 0.1) is 24.9 Å². The lowest BCUT2D eigenvalue weighted by molar-refractivity contribution is -0.117. The molecule has 1 aromatic rings. The van der Waals surface area contributed by atoms with Gasteiger partial charge in [-0.25, -0.2) is 4.99 Å². The first-order chi connectivity index (χ1) is 22.1. The summed E-state index contributed by atoms with van der Waals surface area (Å²) in [6.07, 6.45) is 13.4. The number of allylic oxidation sites excluding steroid dienone is 1. The minimum Gasteiger partial charge on any atom is -0.504 e. The Kier molecular flexibility index (Phi) is 12.9. The highest BCUT2D eigenvalue weighted by atomic mass is 16.5. The zero-order valence-corrected chi connectivity index (χ0v) is 27.6. The average Bonchev–Trinajstić information content (AvgIpc) is 3.54. The predicted molar refractivity (Wildman–Crippen MR) is 180 cm³/mol. The van der Waals surface area contributed by atoms with E-state index in [4.69, 9.17) is 20.9 Å². The van der Waals surface area contributed by atoms with Crippen LogP contribution in [0.15, 0.2) is 34.9 Å². The molecule has 3 aliphatic rings. The number of hydrogen-bond acceptors (Lipinski definition) is 7. The number of benzene rings is 1. The van der Waals surface area contributed by atoms with E-state index in [2.05, 4.69) is 22.9 Å². The number of carbonyl (C=O) groups is 2. The van der Waals surface area contributed by atoms with Gasteiger partial charge in [-0.15, -0.1) is 0 Å². The normalized spacial score (nSPS) is 24.4. The predicted octanol–water partition coefficient (Wildman–Crippen LogP) is 4.99. The minimum absolute atomic E-state index is 0.000120. The van der Waals surface area contributed by atoms with E-state index in [1.54, 1.807) is 20.1 Å². The number of hydrogen-bond donors (Lipinski definition) is 4. The van der Waals surface area contributed by atoms with Crippen LogP contribution < -0.4 is 16.2 Å². The lowest BCUT2D eigenvalue weighted by Gasteiger charge is -2.39. The molecule has 5 atom stereocenters. The van der Waals surface area contributed by atoms with Gasteiger partial charge in [0.2, 0.25) is 0 Å². The van der Waals surface area contributed by atoms with Crippen molar-refractivity contribution in [2.75, 3.05) is 13.7 Å². The number of aryl methyl sites for hydroxylation is 1. The summed E-state index contributed by atoms with van der Waals surface area (Å²) in [6.45, 7) is 3.44. The molecule has 1 fully saturated rings. The number of carbonyl (C=O) groups excluding carboxylic acids is 2. The quantitative estimate of drug-likeness (QED) is 0.0734. The molecule has 9 nitrogen and oxygen atoms in total. The Morgan fingerprint density at radius 1 is 1.15 bits per heavy atom. The third-order valence-corrected chi connectivity index (χ3v) is 9.58. The summed E-state index contributed by atoms with van der Waals surface area (Å²) < 4.78 is 12.5. The van der Waals surface area contributed by atoms with Crippen LogP contribution in [0.5, 0.6) is 11.5 Å². The van der Waals surface area contributed by atoms with E-state index in [0.717, 1.165) is 37.7 Å². The number of fused-ring (bicyclic) bond motifs is 3. The summed E-state index contributed by atoms with van der Waals surface area (Å²) >= 11 is 0. The van der Waals surface area contributed by atoms with Crippen LogP contribution in [-0.4, -0.2) is 59.7 Å². The van der Waals surface area contributed by atoms with Crippen LogP contribution in [0.4, 0.5) is 0 Å². The number of aromatic hydroxyl groups is 1. The topological polar surface area (TPSA) is 157 Å². The summed E-state index contributed by atoms with van der Waals surface area (Å²) in [4.78, 5) is 30.0. The molecule has 0 heterocycles. The van der Waals surface area contributed by atoms with Crippen LogP contribution in [-0.2, 0) is 20.7 Å². The second-order valence-electron chi connectivity index (χ2n) is 13.0. The highest BCUT2D eigenvalue weighted by Crippen LogP contribution is 2.49. The van der Waals surface area contributed by atoms with E-state index in [9.17, 15) is 19.8 Å².